The van der Waals surface area contributed by atoms with Crippen LogP contribution in [-0.2, 0) is 0 Å². The molecule has 2 heterocycles. The summed E-state index contributed by atoms with van der Waals surface area (Å²) in [5, 5.41) is 9.94. The number of benzene rings is 5. The summed E-state index contributed by atoms with van der Waals surface area (Å²) < 4.78 is 0. The van der Waals surface area contributed by atoms with Gasteiger partial charge in [-0.05, 0) is 57.4 Å². The molecular formula is C31H20N2. The van der Waals surface area contributed by atoms with E-state index in [0.717, 1.165) is 33.1 Å². The molecule has 7 rings (SSSR count). The molecule has 154 valence electrons. The van der Waals surface area contributed by atoms with Crippen LogP contribution in [0.1, 0.15) is 5.56 Å². The van der Waals surface area contributed by atoms with Crippen molar-refractivity contribution in [3.8, 4) is 11.3 Å². The molecular weight excluding hydrogens is 400 g/mol. The molecule has 0 amide bonds. The van der Waals surface area contributed by atoms with Crippen molar-refractivity contribution in [2.75, 3.05) is 0 Å². The maximum atomic E-state index is 5.07. The predicted octanol–water partition coefficient (Wildman–Crippen LogP) is 8.22. The zero-order valence-corrected chi connectivity index (χ0v) is 18.2. The van der Waals surface area contributed by atoms with Gasteiger partial charge in [-0.15, -0.1) is 0 Å². The van der Waals surface area contributed by atoms with Gasteiger partial charge in [-0.1, -0.05) is 84.4 Å². The Balaban J connectivity index is 1.54. The van der Waals surface area contributed by atoms with E-state index in [2.05, 4.69) is 103 Å². The normalized spacial score (nSPS) is 11.8. The molecule has 5 aromatic carbocycles. The van der Waals surface area contributed by atoms with E-state index in [9.17, 15) is 0 Å². The lowest BCUT2D eigenvalue weighted by Gasteiger charge is -2.13. The number of pyridine rings is 2. The molecule has 0 saturated carbocycles. The Morgan fingerprint density at radius 1 is 0.515 bits per heavy atom. The molecule has 0 radical (unpaired) electrons. The molecule has 33 heavy (non-hydrogen) atoms. The lowest BCUT2D eigenvalue weighted by Crippen LogP contribution is -1.90. The average molecular weight is 421 g/mol. The van der Waals surface area contributed by atoms with Crippen molar-refractivity contribution >= 4 is 54.1 Å². The minimum atomic E-state index is 0.949. The van der Waals surface area contributed by atoms with Gasteiger partial charge in [-0.25, -0.2) is 4.98 Å². The van der Waals surface area contributed by atoms with Gasteiger partial charge in [-0.2, -0.15) is 0 Å². The van der Waals surface area contributed by atoms with Crippen molar-refractivity contribution in [1.82, 2.24) is 9.97 Å². The molecule has 0 bridgehead atoms. The largest absolute Gasteiger partial charge is 0.254 e. The van der Waals surface area contributed by atoms with E-state index in [1.54, 1.807) is 0 Å². The average Bonchev–Trinajstić information content (AvgIpc) is 2.88. The van der Waals surface area contributed by atoms with Crippen LogP contribution in [0.2, 0.25) is 0 Å². The predicted molar refractivity (Wildman–Crippen MR) is 140 cm³/mol. The summed E-state index contributed by atoms with van der Waals surface area (Å²) in [6, 6.07) is 34.8. The summed E-state index contributed by atoms with van der Waals surface area (Å²) >= 11 is 0. The molecule has 0 N–H and O–H groups in total. The monoisotopic (exact) mass is 420 g/mol. The lowest BCUT2D eigenvalue weighted by molar-refractivity contribution is 1.37. The number of aryl methyl sites for hydroxylation is 1. The molecule has 7 aromatic rings. The van der Waals surface area contributed by atoms with Crippen LogP contribution in [0.15, 0.2) is 103 Å². The molecule has 0 fully saturated rings. The van der Waals surface area contributed by atoms with Gasteiger partial charge >= 0.3 is 0 Å². The molecule has 0 aliphatic heterocycles. The number of aromatic nitrogens is 2. The Labute approximate surface area is 191 Å². The first-order valence-electron chi connectivity index (χ1n) is 11.3. The molecule has 0 spiro atoms. The first kappa shape index (κ1) is 18.3. The summed E-state index contributed by atoms with van der Waals surface area (Å²) in [6.45, 7) is 2.16. The Morgan fingerprint density at radius 2 is 1.18 bits per heavy atom. The third-order valence-corrected chi connectivity index (χ3v) is 6.72. The third kappa shape index (κ3) is 2.74. The fourth-order valence-corrected chi connectivity index (χ4v) is 5.11. The number of hydrogen-bond acceptors (Lipinski definition) is 2. The third-order valence-electron chi connectivity index (χ3n) is 6.72. The highest BCUT2D eigenvalue weighted by atomic mass is 14.7. The zero-order valence-electron chi connectivity index (χ0n) is 18.2. The van der Waals surface area contributed by atoms with Gasteiger partial charge in [0.25, 0.3) is 0 Å². The second kappa shape index (κ2) is 6.85. The first-order chi connectivity index (χ1) is 16.3. The van der Waals surface area contributed by atoms with E-state index in [0.29, 0.717) is 0 Å². The molecule has 0 atom stereocenters. The van der Waals surface area contributed by atoms with Gasteiger partial charge in [0, 0.05) is 22.5 Å². The van der Waals surface area contributed by atoms with Crippen LogP contribution in [-0.4, -0.2) is 9.97 Å². The van der Waals surface area contributed by atoms with Crippen LogP contribution in [0.5, 0.6) is 0 Å². The molecule has 2 nitrogen and oxygen atoms in total. The molecule has 0 saturated heterocycles. The molecule has 2 aromatic heterocycles. The summed E-state index contributed by atoms with van der Waals surface area (Å²) in [4.78, 5) is 9.69. The minimum Gasteiger partial charge on any atom is -0.254 e. The van der Waals surface area contributed by atoms with Crippen molar-refractivity contribution < 1.29 is 0 Å². The fraction of sp³-hybridized carbons (Fsp3) is 0.0323. The zero-order chi connectivity index (χ0) is 21.9. The second-order valence-electron chi connectivity index (χ2n) is 8.76. The van der Waals surface area contributed by atoms with Crippen LogP contribution in [0, 0.1) is 6.92 Å². The van der Waals surface area contributed by atoms with Crippen LogP contribution in [0.25, 0.3) is 65.4 Å². The number of nitrogens with zero attached hydrogens (tertiary/aromatic N) is 2. The quantitative estimate of drug-likeness (QED) is 0.250. The van der Waals surface area contributed by atoms with Crippen LogP contribution in [0.3, 0.4) is 0 Å². The highest BCUT2D eigenvalue weighted by Crippen LogP contribution is 2.37. The van der Waals surface area contributed by atoms with Gasteiger partial charge < -0.3 is 0 Å². The number of hydrogen-bond donors (Lipinski definition) is 0. The van der Waals surface area contributed by atoms with E-state index in [1.165, 1.54) is 37.9 Å². The van der Waals surface area contributed by atoms with Gasteiger partial charge in [0.05, 0.1) is 16.7 Å². The second-order valence-corrected chi connectivity index (χ2v) is 8.76. The smallest absolute Gasteiger partial charge is 0.0972 e. The van der Waals surface area contributed by atoms with Crippen molar-refractivity contribution in [3.05, 3.63) is 109 Å². The maximum Gasteiger partial charge on any atom is 0.0972 e. The van der Waals surface area contributed by atoms with E-state index < -0.39 is 0 Å². The summed E-state index contributed by atoms with van der Waals surface area (Å²) in [7, 11) is 0. The topological polar surface area (TPSA) is 25.8 Å². The van der Waals surface area contributed by atoms with Crippen molar-refractivity contribution in [2.24, 2.45) is 0 Å². The van der Waals surface area contributed by atoms with Gasteiger partial charge in [0.15, 0.2) is 0 Å². The van der Waals surface area contributed by atoms with E-state index >= 15 is 0 Å². The fourth-order valence-electron chi connectivity index (χ4n) is 5.11. The number of rotatable bonds is 1. The summed E-state index contributed by atoms with van der Waals surface area (Å²) in [6.07, 6.45) is 1.84. The van der Waals surface area contributed by atoms with Crippen molar-refractivity contribution in [3.63, 3.8) is 0 Å². The minimum absolute atomic E-state index is 0.949. The van der Waals surface area contributed by atoms with Crippen LogP contribution < -0.4 is 0 Å². The lowest BCUT2D eigenvalue weighted by atomic mass is 9.92. The highest BCUT2D eigenvalue weighted by Gasteiger charge is 2.11. The molecule has 0 aliphatic carbocycles. The van der Waals surface area contributed by atoms with Crippen LogP contribution >= 0.6 is 0 Å². The molecule has 0 unspecified atom stereocenters. The standard InChI is InChI=1S/C31H20N2/c1-19-8-13-25-26-14-11-22(18-28(26)24-7-3-2-6-23(24)27(25)17-19)29-15-12-21-10-9-20-5-4-16-32-30(20)31(21)33-29/h2-18H,1H3. The maximum absolute atomic E-state index is 5.07. The number of fused-ring (bicyclic) bond motifs is 9. The van der Waals surface area contributed by atoms with Crippen LogP contribution in [0.4, 0.5) is 0 Å². The van der Waals surface area contributed by atoms with Crippen molar-refractivity contribution in [2.45, 2.75) is 6.92 Å². The highest BCUT2D eigenvalue weighted by molar-refractivity contribution is 6.25. The van der Waals surface area contributed by atoms with E-state index in [-0.39, 0.29) is 0 Å². The van der Waals surface area contributed by atoms with Gasteiger partial charge in [-0.3, -0.25) is 4.98 Å². The Kier molecular flexibility index (Phi) is 3.80. The molecule has 2 heteroatoms. The first-order valence-corrected chi connectivity index (χ1v) is 11.3. The molecule has 0 aliphatic rings. The summed E-state index contributed by atoms with van der Waals surface area (Å²) in [5.41, 5.74) is 5.27. The SMILES string of the molecule is Cc1ccc2c3ccc(-c4ccc5ccc6cccnc6c5n4)cc3c3ccccc3c2c1. The van der Waals surface area contributed by atoms with Crippen molar-refractivity contribution in [1.29, 1.82) is 0 Å². The van der Waals surface area contributed by atoms with Gasteiger partial charge in [0.2, 0.25) is 0 Å². The Morgan fingerprint density at radius 3 is 2.00 bits per heavy atom. The van der Waals surface area contributed by atoms with E-state index in [4.69, 9.17) is 4.98 Å². The van der Waals surface area contributed by atoms with Gasteiger partial charge in [0.1, 0.15) is 0 Å². The summed E-state index contributed by atoms with van der Waals surface area (Å²) in [5.74, 6) is 0. The van der Waals surface area contributed by atoms with E-state index in [1.807, 2.05) is 12.3 Å². The Hall–Kier alpha value is -4.30. The Bertz CT molecular complexity index is 1860.